The van der Waals surface area contributed by atoms with Crippen molar-refractivity contribution in [3.63, 3.8) is 0 Å². The summed E-state index contributed by atoms with van der Waals surface area (Å²) in [5, 5.41) is 15.7. The zero-order valence-corrected chi connectivity index (χ0v) is 18.0. The van der Waals surface area contributed by atoms with Crippen molar-refractivity contribution in [2.75, 3.05) is 6.61 Å². The molecule has 0 saturated carbocycles. The van der Waals surface area contributed by atoms with E-state index in [1.807, 2.05) is 38.1 Å². The summed E-state index contributed by atoms with van der Waals surface area (Å²) in [7, 11) is 0. The van der Waals surface area contributed by atoms with E-state index in [0.29, 0.717) is 27.5 Å². The predicted molar refractivity (Wildman–Crippen MR) is 121 cm³/mol. The fourth-order valence-corrected chi connectivity index (χ4v) is 3.74. The van der Waals surface area contributed by atoms with Crippen LogP contribution in [0.15, 0.2) is 66.7 Å². The van der Waals surface area contributed by atoms with Crippen LogP contribution in [-0.2, 0) is 0 Å². The molecule has 4 rings (SSSR count). The first-order chi connectivity index (χ1) is 14.8. The Morgan fingerprint density at radius 2 is 1.81 bits per heavy atom. The molecule has 0 aliphatic rings. The van der Waals surface area contributed by atoms with Gasteiger partial charge in [-0.1, -0.05) is 49.7 Å². The second-order valence-corrected chi connectivity index (χ2v) is 8.78. The van der Waals surface area contributed by atoms with Crippen LogP contribution in [0.4, 0.5) is 4.39 Å². The van der Waals surface area contributed by atoms with Gasteiger partial charge in [-0.2, -0.15) is 5.10 Å². The van der Waals surface area contributed by atoms with Gasteiger partial charge in [0.15, 0.2) is 5.78 Å². The summed E-state index contributed by atoms with van der Waals surface area (Å²) in [4.78, 5) is 12.9. The number of carbonyl (C=O) groups is 1. The number of halogens is 2. The van der Waals surface area contributed by atoms with Gasteiger partial charge in [0.05, 0.1) is 16.2 Å². The van der Waals surface area contributed by atoms with Gasteiger partial charge in [0, 0.05) is 29.5 Å². The van der Waals surface area contributed by atoms with Crippen molar-refractivity contribution in [3.05, 3.63) is 83.1 Å². The molecule has 1 aromatic heterocycles. The van der Waals surface area contributed by atoms with Crippen LogP contribution in [0, 0.1) is 11.2 Å². The van der Waals surface area contributed by atoms with E-state index >= 15 is 0 Å². The second-order valence-electron chi connectivity index (χ2n) is 8.37. The maximum absolute atomic E-state index is 13.5. The van der Waals surface area contributed by atoms with E-state index in [-0.39, 0.29) is 24.6 Å². The first-order valence-corrected chi connectivity index (χ1v) is 10.3. The molecule has 0 radical (unpaired) electrons. The molecule has 0 spiro atoms. The van der Waals surface area contributed by atoms with Crippen LogP contribution < -0.4 is 0 Å². The van der Waals surface area contributed by atoms with E-state index in [4.69, 9.17) is 16.7 Å². The van der Waals surface area contributed by atoms with Crippen molar-refractivity contribution in [1.82, 2.24) is 9.78 Å². The first kappa shape index (κ1) is 21.2. The molecule has 158 valence electrons. The lowest BCUT2D eigenvalue weighted by atomic mass is 9.86. The lowest BCUT2D eigenvalue weighted by Gasteiger charge is -2.20. The summed E-state index contributed by atoms with van der Waals surface area (Å²) in [6.45, 7) is 3.62. The number of fused-ring (bicyclic) bond motifs is 1. The van der Waals surface area contributed by atoms with E-state index in [0.717, 1.165) is 10.9 Å². The Bertz CT molecular complexity index is 1260. The molecular formula is C25H22ClFN2O2. The van der Waals surface area contributed by atoms with Crippen molar-refractivity contribution >= 4 is 28.3 Å². The smallest absolute Gasteiger partial charge is 0.163 e. The molecule has 0 fully saturated rings. The number of ketones is 1. The Morgan fingerprint density at radius 3 is 2.48 bits per heavy atom. The second kappa shape index (κ2) is 8.25. The number of Topliss-reactive ketones (excluding diaryl/α,β-unsaturated/α-hetero) is 1. The summed E-state index contributed by atoms with van der Waals surface area (Å²) in [5.41, 5.74) is 2.86. The normalized spacial score (nSPS) is 11.8. The molecule has 0 aliphatic carbocycles. The number of carbonyl (C=O) groups excluding carboxylic acids is 1. The third-order valence-electron chi connectivity index (χ3n) is 5.27. The van der Waals surface area contributed by atoms with E-state index in [1.165, 1.54) is 12.1 Å². The lowest BCUT2D eigenvalue weighted by Crippen LogP contribution is -2.21. The molecule has 4 aromatic rings. The number of benzene rings is 3. The highest BCUT2D eigenvalue weighted by atomic mass is 35.5. The SMILES string of the molecule is CC(C)(CO)CC(=O)c1ccc2c(-c3ccccc3Cl)nn(-c3ccc(F)cc3)c2c1. The molecule has 0 bridgehead atoms. The van der Waals surface area contributed by atoms with Gasteiger partial charge >= 0.3 is 0 Å². The van der Waals surface area contributed by atoms with E-state index < -0.39 is 5.41 Å². The summed E-state index contributed by atoms with van der Waals surface area (Å²) in [5.74, 6) is -0.402. The molecule has 0 unspecified atom stereocenters. The number of hydrogen-bond donors (Lipinski definition) is 1. The molecule has 1 heterocycles. The Hall–Kier alpha value is -3.02. The van der Waals surface area contributed by atoms with Crippen molar-refractivity contribution in [2.24, 2.45) is 5.41 Å². The fraction of sp³-hybridized carbons (Fsp3) is 0.200. The highest BCUT2D eigenvalue weighted by Gasteiger charge is 2.23. The Balaban J connectivity index is 1.90. The average Bonchev–Trinajstić information content (AvgIpc) is 3.13. The van der Waals surface area contributed by atoms with Crippen LogP contribution in [0.3, 0.4) is 0 Å². The topological polar surface area (TPSA) is 55.1 Å². The molecular weight excluding hydrogens is 415 g/mol. The van der Waals surface area contributed by atoms with Gasteiger partial charge < -0.3 is 5.11 Å². The molecule has 1 N–H and O–H groups in total. The summed E-state index contributed by atoms with van der Waals surface area (Å²) in [6.07, 6.45) is 0.219. The Morgan fingerprint density at radius 1 is 1.10 bits per heavy atom. The van der Waals surface area contributed by atoms with Crippen LogP contribution in [0.5, 0.6) is 0 Å². The maximum atomic E-state index is 13.5. The van der Waals surface area contributed by atoms with Gasteiger partial charge in [-0.3, -0.25) is 4.79 Å². The van der Waals surface area contributed by atoms with Crippen molar-refractivity contribution < 1.29 is 14.3 Å². The third kappa shape index (κ3) is 4.24. The zero-order chi connectivity index (χ0) is 22.2. The van der Waals surface area contributed by atoms with Crippen LogP contribution in [0.1, 0.15) is 30.6 Å². The quantitative estimate of drug-likeness (QED) is 0.373. The first-order valence-electron chi connectivity index (χ1n) is 9.97. The monoisotopic (exact) mass is 436 g/mol. The van der Waals surface area contributed by atoms with Gasteiger partial charge in [-0.15, -0.1) is 0 Å². The summed E-state index contributed by atoms with van der Waals surface area (Å²) in [6, 6.07) is 18.9. The summed E-state index contributed by atoms with van der Waals surface area (Å²) >= 11 is 6.43. The molecule has 0 aliphatic heterocycles. The fourth-order valence-electron chi connectivity index (χ4n) is 3.51. The van der Waals surface area contributed by atoms with Gasteiger partial charge in [0.2, 0.25) is 0 Å². The Labute approximate surface area is 184 Å². The van der Waals surface area contributed by atoms with Crippen molar-refractivity contribution in [1.29, 1.82) is 0 Å². The maximum Gasteiger partial charge on any atom is 0.163 e. The number of rotatable bonds is 6. The minimum atomic E-state index is -0.508. The van der Waals surface area contributed by atoms with Gasteiger partial charge in [0.1, 0.15) is 11.5 Å². The molecule has 0 saturated heterocycles. The average molecular weight is 437 g/mol. The molecule has 6 heteroatoms. The van der Waals surface area contributed by atoms with Crippen molar-refractivity contribution in [2.45, 2.75) is 20.3 Å². The minimum absolute atomic E-state index is 0.0629. The van der Waals surface area contributed by atoms with E-state index in [2.05, 4.69) is 0 Å². The predicted octanol–water partition coefficient (Wildman–Crippen LogP) is 6.08. The molecule has 3 aromatic carbocycles. The van der Waals surface area contributed by atoms with Gasteiger partial charge in [-0.25, -0.2) is 9.07 Å². The standard InChI is InChI=1S/C25H22ClFN2O2/c1-25(2,15-30)14-23(31)16-7-12-20-22(13-16)29(18-10-8-17(27)9-11-18)28-24(20)19-5-3-4-6-21(19)26/h3-13,30H,14-15H2,1-2H3. The summed E-state index contributed by atoms with van der Waals surface area (Å²) < 4.78 is 15.2. The zero-order valence-electron chi connectivity index (χ0n) is 17.3. The molecule has 0 amide bonds. The highest BCUT2D eigenvalue weighted by Crippen LogP contribution is 2.35. The minimum Gasteiger partial charge on any atom is -0.396 e. The molecule has 0 atom stereocenters. The number of hydrogen-bond acceptors (Lipinski definition) is 3. The van der Waals surface area contributed by atoms with E-state index in [1.54, 1.807) is 35.0 Å². The van der Waals surface area contributed by atoms with Crippen LogP contribution in [0.2, 0.25) is 5.02 Å². The van der Waals surface area contributed by atoms with Crippen LogP contribution in [0.25, 0.3) is 27.8 Å². The van der Waals surface area contributed by atoms with Gasteiger partial charge in [0.25, 0.3) is 0 Å². The molecule has 4 nitrogen and oxygen atoms in total. The van der Waals surface area contributed by atoms with Crippen LogP contribution in [-0.4, -0.2) is 27.3 Å². The third-order valence-corrected chi connectivity index (χ3v) is 5.60. The van der Waals surface area contributed by atoms with Crippen LogP contribution >= 0.6 is 11.6 Å². The largest absolute Gasteiger partial charge is 0.396 e. The molecule has 31 heavy (non-hydrogen) atoms. The number of aliphatic hydroxyl groups is 1. The lowest BCUT2D eigenvalue weighted by molar-refractivity contribution is 0.0859. The Kier molecular flexibility index (Phi) is 5.65. The van der Waals surface area contributed by atoms with Gasteiger partial charge in [-0.05, 0) is 47.9 Å². The number of aliphatic hydroxyl groups excluding tert-OH is 1. The number of aromatic nitrogens is 2. The van der Waals surface area contributed by atoms with E-state index in [9.17, 15) is 14.3 Å². The highest BCUT2D eigenvalue weighted by molar-refractivity contribution is 6.33. The number of nitrogens with zero attached hydrogens (tertiary/aromatic N) is 2. The van der Waals surface area contributed by atoms with Crippen molar-refractivity contribution in [3.8, 4) is 16.9 Å².